The molecule has 22 heavy (non-hydrogen) atoms. The Kier molecular flexibility index (Phi) is 3.43. The second-order valence-electron chi connectivity index (χ2n) is 5.71. The number of aromatic nitrogens is 2. The molecular weight excluding hydrogens is 294 g/mol. The van der Waals surface area contributed by atoms with Crippen LogP contribution in [0.3, 0.4) is 0 Å². The molecule has 1 aliphatic rings. The molecule has 0 spiro atoms. The van der Waals surface area contributed by atoms with E-state index in [2.05, 4.69) is 33.1 Å². The Morgan fingerprint density at radius 1 is 1.14 bits per heavy atom. The van der Waals surface area contributed by atoms with Gasteiger partial charge in [-0.05, 0) is 36.2 Å². The fraction of sp³-hybridized carbons (Fsp3) is 0.222. The highest BCUT2D eigenvalue weighted by atomic mass is 35.5. The first-order chi connectivity index (χ1) is 10.8. The normalized spacial score (nSPS) is 18.0. The minimum atomic E-state index is 0.526. The Bertz CT molecular complexity index is 813. The summed E-state index contributed by atoms with van der Waals surface area (Å²) in [5, 5.41) is 1.94. The summed E-state index contributed by atoms with van der Waals surface area (Å²) in [6.07, 6.45) is 6.72. The van der Waals surface area contributed by atoms with Gasteiger partial charge in [0.25, 0.3) is 0 Å². The van der Waals surface area contributed by atoms with Gasteiger partial charge in [-0.25, -0.2) is 0 Å². The van der Waals surface area contributed by atoms with Gasteiger partial charge in [-0.15, -0.1) is 0 Å². The van der Waals surface area contributed by atoms with Crippen molar-refractivity contribution >= 4 is 28.2 Å². The van der Waals surface area contributed by atoms with E-state index in [-0.39, 0.29) is 0 Å². The van der Waals surface area contributed by atoms with Gasteiger partial charge in [0, 0.05) is 53.7 Å². The zero-order chi connectivity index (χ0) is 14.9. The highest BCUT2D eigenvalue weighted by molar-refractivity contribution is 6.30. The van der Waals surface area contributed by atoms with E-state index in [1.54, 1.807) is 6.20 Å². The van der Waals surface area contributed by atoms with Crippen LogP contribution in [-0.4, -0.2) is 23.1 Å². The van der Waals surface area contributed by atoms with Crippen LogP contribution >= 0.6 is 11.6 Å². The minimum absolute atomic E-state index is 0.526. The quantitative estimate of drug-likeness (QED) is 0.707. The summed E-state index contributed by atoms with van der Waals surface area (Å²) < 4.78 is 0. The van der Waals surface area contributed by atoms with Crippen molar-refractivity contribution in [3.8, 4) is 0 Å². The van der Waals surface area contributed by atoms with E-state index in [1.807, 2.05) is 30.6 Å². The van der Waals surface area contributed by atoms with E-state index in [0.29, 0.717) is 5.92 Å². The molecule has 1 fully saturated rings. The van der Waals surface area contributed by atoms with E-state index in [9.17, 15) is 0 Å². The second kappa shape index (κ2) is 5.58. The first-order valence-electron chi connectivity index (χ1n) is 7.50. The number of halogens is 1. The van der Waals surface area contributed by atoms with Crippen LogP contribution in [0.15, 0.2) is 55.0 Å². The van der Waals surface area contributed by atoms with Crippen LogP contribution in [0.1, 0.15) is 17.9 Å². The fourth-order valence-corrected chi connectivity index (χ4v) is 3.46. The summed E-state index contributed by atoms with van der Waals surface area (Å²) >= 11 is 6.12. The predicted molar refractivity (Wildman–Crippen MR) is 90.6 cm³/mol. The SMILES string of the molecule is Clc1cccc(C2CCN(c3ccnc4ccncc34)C2)c1. The molecule has 4 rings (SSSR count). The molecule has 2 aromatic heterocycles. The smallest absolute Gasteiger partial charge is 0.0753 e. The molecule has 0 radical (unpaired) electrons. The standard InChI is InChI=1S/C18H16ClN3/c19-15-3-1-2-13(10-15)14-6-9-22(12-14)18-5-8-21-17-4-7-20-11-16(17)18/h1-5,7-8,10-11,14H,6,9,12H2. The predicted octanol–water partition coefficient (Wildman–Crippen LogP) is 4.28. The van der Waals surface area contributed by atoms with Gasteiger partial charge in [0.2, 0.25) is 0 Å². The molecule has 1 aliphatic heterocycles. The molecule has 4 heteroatoms. The van der Waals surface area contributed by atoms with E-state index >= 15 is 0 Å². The largest absolute Gasteiger partial charge is 0.370 e. The summed E-state index contributed by atoms with van der Waals surface area (Å²) in [7, 11) is 0. The first kappa shape index (κ1) is 13.5. The number of nitrogens with zero attached hydrogens (tertiary/aromatic N) is 3. The highest BCUT2D eigenvalue weighted by Crippen LogP contribution is 2.34. The molecule has 3 nitrogen and oxygen atoms in total. The lowest BCUT2D eigenvalue weighted by atomic mass is 9.99. The fourth-order valence-electron chi connectivity index (χ4n) is 3.26. The van der Waals surface area contributed by atoms with Gasteiger partial charge in [0.1, 0.15) is 0 Å². The van der Waals surface area contributed by atoms with Crippen molar-refractivity contribution in [3.63, 3.8) is 0 Å². The van der Waals surface area contributed by atoms with E-state index in [0.717, 1.165) is 35.4 Å². The number of pyridine rings is 2. The lowest BCUT2D eigenvalue weighted by Gasteiger charge is -2.20. The van der Waals surface area contributed by atoms with Crippen LogP contribution < -0.4 is 4.90 Å². The van der Waals surface area contributed by atoms with Gasteiger partial charge in [-0.3, -0.25) is 9.97 Å². The van der Waals surface area contributed by atoms with Crippen LogP contribution in [0.5, 0.6) is 0 Å². The van der Waals surface area contributed by atoms with Gasteiger partial charge in [0.05, 0.1) is 5.52 Å². The third-order valence-electron chi connectivity index (χ3n) is 4.37. The van der Waals surface area contributed by atoms with Gasteiger partial charge in [0.15, 0.2) is 0 Å². The highest BCUT2D eigenvalue weighted by Gasteiger charge is 2.25. The lowest BCUT2D eigenvalue weighted by Crippen LogP contribution is -2.19. The number of hydrogen-bond acceptors (Lipinski definition) is 3. The maximum Gasteiger partial charge on any atom is 0.0753 e. The van der Waals surface area contributed by atoms with Gasteiger partial charge >= 0.3 is 0 Å². The van der Waals surface area contributed by atoms with Crippen LogP contribution in [-0.2, 0) is 0 Å². The Labute approximate surface area is 134 Å². The molecule has 1 atom stereocenters. The number of hydrogen-bond donors (Lipinski definition) is 0. The summed E-state index contributed by atoms with van der Waals surface area (Å²) in [5.41, 5.74) is 3.55. The molecule has 110 valence electrons. The van der Waals surface area contributed by atoms with Crippen LogP contribution in [0.2, 0.25) is 5.02 Å². The number of rotatable bonds is 2. The molecule has 0 amide bonds. The van der Waals surface area contributed by atoms with Crippen LogP contribution in [0.25, 0.3) is 10.9 Å². The molecule has 0 aliphatic carbocycles. The Morgan fingerprint density at radius 3 is 3.00 bits per heavy atom. The number of benzene rings is 1. The zero-order valence-corrected chi connectivity index (χ0v) is 12.9. The summed E-state index contributed by atoms with van der Waals surface area (Å²) in [5.74, 6) is 0.526. The van der Waals surface area contributed by atoms with Crippen molar-refractivity contribution < 1.29 is 0 Å². The van der Waals surface area contributed by atoms with E-state index < -0.39 is 0 Å². The van der Waals surface area contributed by atoms with Crippen molar-refractivity contribution in [2.24, 2.45) is 0 Å². The third-order valence-corrected chi connectivity index (χ3v) is 4.60. The average molecular weight is 310 g/mol. The molecule has 0 saturated carbocycles. The third kappa shape index (κ3) is 2.42. The topological polar surface area (TPSA) is 29.0 Å². The molecule has 1 saturated heterocycles. The van der Waals surface area contributed by atoms with Crippen LogP contribution in [0, 0.1) is 0 Å². The van der Waals surface area contributed by atoms with Crippen LogP contribution in [0.4, 0.5) is 5.69 Å². The maximum atomic E-state index is 6.12. The first-order valence-corrected chi connectivity index (χ1v) is 7.88. The number of anilines is 1. The van der Waals surface area contributed by atoms with Gasteiger partial charge in [-0.2, -0.15) is 0 Å². The second-order valence-corrected chi connectivity index (χ2v) is 6.15. The minimum Gasteiger partial charge on any atom is -0.370 e. The van der Waals surface area contributed by atoms with E-state index in [4.69, 9.17) is 11.6 Å². The van der Waals surface area contributed by atoms with Crippen molar-refractivity contribution in [1.82, 2.24) is 9.97 Å². The molecule has 1 aromatic carbocycles. The van der Waals surface area contributed by atoms with Crippen molar-refractivity contribution in [2.75, 3.05) is 18.0 Å². The average Bonchev–Trinajstić information content (AvgIpc) is 3.04. The lowest BCUT2D eigenvalue weighted by molar-refractivity contribution is 0.775. The molecule has 0 N–H and O–H groups in total. The Hall–Kier alpha value is -2.13. The molecule has 3 heterocycles. The summed E-state index contributed by atoms with van der Waals surface area (Å²) in [4.78, 5) is 11.1. The van der Waals surface area contributed by atoms with Crippen molar-refractivity contribution in [2.45, 2.75) is 12.3 Å². The monoisotopic (exact) mass is 309 g/mol. The van der Waals surface area contributed by atoms with Crippen molar-refractivity contribution in [1.29, 1.82) is 0 Å². The molecule has 3 aromatic rings. The van der Waals surface area contributed by atoms with Gasteiger partial charge < -0.3 is 4.90 Å². The Morgan fingerprint density at radius 2 is 2.09 bits per heavy atom. The zero-order valence-electron chi connectivity index (χ0n) is 12.1. The van der Waals surface area contributed by atoms with E-state index in [1.165, 1.54) is 11.3 Å². The summed E-state index contributed by atoms with van der Waals surface area (Å²) in [6, 6.07) is 12.3. The molecule has 1 unspecified atom stereocenters. The Balaban J connectivity index is 1.65. The molecule has 0 bridgehead atoms. The number of fused-ring (bicyclic) bond motifs is 1. The summed E-state index contributed by atoms with van der Waals surface area (Å²) in [6.45, 7) is 2.06. The maximum absolute atomic E-state index is 6.12. The molecular formula is C18H16ClN3. The van der Waals surface area contributed by atoms with Crippen molar-refractivity contribution in [3.05, 3.63) is 65.6 Å². The van der Waals surface area contributed by atoms with Gasteiger partial charge in [-0.1, -0.05) is 23.7 Å².